The molecule has 0 aromatic heterocycles. The van der Waals surface area contributed by atoms with E-state index >= 15 is 0 Å². The Bertz CT molecular complexity index is 476. The van der Waals surface area contributed by atoms with Crippen LogP contribution in [0.4, 0.5) is 0 Å². The molecule has 0 fully saturated rings. The van der Waals surface area contributed by atoms with Gasteiger partial charge in [-0.1, -0.05) is 76.0 Å². The molecule has 0 unspecified atom stereocenters. The molecule has 1 rings (SSSR count). The Morgan fingerprint density at radius 1 is 0.955 bits per heavy atom. The van der Waals surface area contributed by atoms with Crippen LogP contribution < -0.4 is 0 Å². The summed E-state index contributed by atoms with van der Waals surface area (Å²) < 4.78 is 0. The SMILES string of the molecule is CCCCC=Cc1cc(C=CCCCC)cc(CC(=O)O)c1. The van der Waals surface area contributed by atoms with Crippen LogP contribution >= 0.6 is 0 Å². The van der Waals surface area contributed by atoms with Gasteiger partial charge in [-0.3, -0.25) is 4.79 Å². The number of hydrogen-bond acceptors (Lipinski definition) is 1. The highest BCUT2D eigenvalue weighted by Gasteiger charge is 2.03. The molecule has 2 heteroatoms. The van der Waals surface area contributed by atoms with Crippen LogP contribution in [-0.2, 0) is 11.2 Å². The highest BCUT2D eigenvalue weighted by Crippen LogP contribution is 2.15. The minimum absolute atomic E-state index is 0.0758. The van der Waals surface area contributed by atoms with E-state index in [-0.39, 0.29) is 6.42 Å². The summed E-state index contributed by atoms with van der Waals surface area (Å²) in [5.74, 6) is -0.784. The Morgan fingerprint density at radius 3 is 1.86 bits per heavy atom. The summed E-state index contributed by atoms with van der Waals surface area (Å²) in [5.41, 5.74) is 3.04. The second kappa shape index (κ2) is 10.8. The van der Waals surface area contributed by atoms with Crippen molar-refractivity contribution < 1.29 is 9.90 Å². The predicted octanol–water partition coefficient (Wildman–Crippen LogP) is 5.72. The first-order valence-electron chi connectivity index (χ1n) is 8.34. The molecule has 1 N–H and O–H groups in total. The van der Waals surface area contributed by atoms with Gasteiger partial charge in [0, 0.05) is 0 Å². The normalized spacial score (nSPS) is 11.5. The first kappa shape index (κ1) is 18.2. The molecule has 0 aliphatic carbocycles. The van der Waals surface area contributed by atoms with Gasteiger partial charge in [-0.25, -0.2) is 0 Å². The van der Waals surface area contributed by atoms with Crippen LogP contribution in [0.15, 0.2) is 30.4 Å². The number of unbranched alkanes of at least 4 members (excludes halogenated alkanes) is 4. The van der Waals surface area contributed by atoms with Gasteiger partial charge in [0.1, 0.15) is 0 Å². The number of rotatable bonds is 10. The lowest BCUT2D eigenvalue weighted by molar-refractivity contribution is -0.136. The zero-order chi connectivity index (χ0) is 16.2. The zero-order valence-electron chi connectivity index (χ0n) is 13.8. The van der Waals surface area contributed by atoms with E-state index in [0.717, 1.165) is 29.5 Å². The van der Waals surface area contributed by atoms with Crippen LogP contribution in [0.2, 0.25) is 0 Å². The molecule has 120 valence electrons. The third kappa shape index (κ3) is 7.82. The highest BCUT2D eigenvalue weighted by atomic mass is 16.4. The van der Waals surface area contributed by atoms with Gasteiger partial charge < -0.3 is 5.11 Å². The molecule has 0 radical (unpaired) electrons. The maximum atomic E-state index is 11.0. The van der Waals surface area contributed by atoms with Gasteiger partial charge in [0.05, 0.1) is 6.42 Å². The van der Waals surface area contributed by atoms with Crippen molar-refractivity contribution in [3.63, 3.8) is 0 Å². The van der Waals surface area contributed by atoms with Crippen molar-refractivity contribution in [2.45, 2.75) is 58.8 Å². The van der Waals surface area contributed by atoms with Crippen molar-refractivity contribution in [2.24, 2.45) is 0 Å². The van der Waals surface area contributed by atoms with E-state index in [9.17, 15) is 4.79 Å². The number of benzene rings is 1. The van der Waals surface area contributed by atoms with E-state index < -0.39 is 5.97 Å². The predicted molar refractivity (Wildman–Crippen MR) is 94.9 cm³/mol. The number of carboxylic acid groups (broad SMARTS) is 1. The van der Waals surface area contributed by atoms with Crippen LogP contribution in [0.1, 0.15) is 69.1 Å². The molecular formula is C20H28O2. The van der Waals surface area contributed by atoms with Crippen molar-refractivity contribution >= 4 is 18.1 Å². The van der Waals surface area contributed by atoms with Crippen molar-refractivity contribution in [3.05, 3.63) is 47.0 Å². The van der Waals surface area contributed by atoms with Crippen molar-refractivity contribution in [1.82, 2.24) is 0 Å². The average molecular weight is 300 g/mol. The minimum atomic E-state index is -0.784. The number of allylic oxidation sites excluding steroid dienone is 2. The lowest BCUT2D eigenvalue weighted by Crippen LogP contribution is -2.00. The second-order valence-corrected chi connectivity index (χ2v) is 5.67. The van der Waals surface area contributed by atoms with Gasteiger partial charge in [-0.15, -0.1) is 0 Å². The van der Waals surface area contributed by atoms with Crippen LogP contribution in [0.25, 0.3) is 12.2 Å². The van der Waals surface area contributed by atoms with Gasteiger partial charge in [-0.05, 0) is 35.6 Å². The highest BCUT2D eigenvalue weighted by molar-refractivity contribution is 5.71. The number of hydrogen-bond donors (Lipinski definition) is 1. The smallest absolute Gasteiger partial charge is 0.307 e. The molecule has 0 saturated carbocycles. The lowest BCUT2D eigenvalue weighted by atomic mass is 10.0. The quantitative estimate of drug-likeness (QED) is 0.561. The molecular weight excluding hydrogens is 272 g/mol. The topological polar surface area (TPSA) is 37.3 Å². The molecule has 0 aliphatic rings. The minimum Gasteiger partial charge on any atom is -0.481 e. The third-order valence-corrected chi connectivity index (χ3v) is 3.46. The Kier molecular flexibility index (Phi) is 8.97. The van der Waals surface area contributed by atoms with Crippen LogP contribution in [0.5, 0.6) is 0 Å². The molecule has 0 heterocycles. The van der Waals surface area contributed by atoms with Crippen molar-refractivity contribution in [2.75, 3.05) is 0 Å². The zero-order valence-corrected chi connectivity index (χ0v) is 13.8. The molecule has 1 aromatic rings. The summed E-state index contributed by atoms with van der Waals surface area (Å²) in [6.07, 6.45) is 15.5. The standard InChI is InChI=1S/C20H28O2/c1-3-5-7-9-11-17-13-18(12-10-8-6-4-2)15-19(14-17)16-20(21)22/h9-15H,3-8,16H2,1-2H3,(H,21,22). The first-order chi connectivity index (χ1) is 10.7. The summed E-state index contributed by atoms with van der Waals surface area (Å²) in [4.78, 5) is 11.0. The molecule has 22 heavy (non-hydrogen) atoms. The van der Waals surface area contributed by atoms with Crippen LogP contribution in [-0.4, -0.2) is 11.1 Å². The van der Waals surface area contributed by atoms with E-state index in [1.807, 2.05) is 12.1 Å². The van der Waals surface area contributed by atoms with E-state index in [0.29, 0.717) is 0 Å². The molecule has 0 amide bonds. The molecule has 1 aromatic carbocycles. The van der Waals surface area contributed by atoms with Gasteiger partial charge in [0.15, 0.2) is 0 Å². The van der Waals surface area contributed by atoms with Crippen molar-refractivity contribution in [1.29, 1.82) is 0 Å². The summed E-state index contributed by atoms with van der Waals surface area (Å²) in [6, 6.07) is 6.07. The average Bonchev–Trinajstić information content (AvgIpc) is 2.47. The maximum absolute atomic E-state index is 11.0. The van der Waals surface area contributed by atoms with Crippen LogP contribution in [0.3, 0.4) is 0 Å². The molecule has 0 bridgehead atoms. The monoisotopic (exact) mass is 300 g/mol. The fraction of sp³-hybridized carbons (Fsp3) is 0.450. The molecule has 2 nitrogen and oxygen atoms in total. The fourth-order valence-corrected chi connectivity index (χ4v) is 2.30. The Hall–Kier alpha value is -1.83. The summed E-state index contributed by atoms with van der Waals surface area (Å²) in [6.45, 7) is 4.36. The number of carboxylic acids is 1. The van der Waals surface area contributed by atoms with E-state index in [1.54, 1.807) is 0 Å². The molecule has 0 aliphatic heterocycles. The van der Waals surface area contributed by atoms with Gasteiger partial charge in [-0.2, -0.15) is 0 Å². The van der Waals surface area contributed by atoms with Crippen molar-refractivity contribution in [3.8, 4) is 0 Å². The largest absolute Gasteiger partial charge is 0.481 e. The Morgan fingerprint density at radius 2 is 1.45 bits per heavy atom. The van der Waals surface area contributed by atoms with Gasteiger partial charge in [0.2, 0.25) is 0 Å². The van der Waals surface area contributed by atoms with E-state index in [4.69, 9.17) is 5.11 Å². The van der Waals surface area contributed by atoms with Crippen LogP contribution in [0, 0.1) is 0 Å². The number of carbonyl (C=O) groups is 1. The Labute approximate surface area is 134 Å². The lowest BCUT2D eigenvalue weighted by Gasteiger charge is -2.04. The first-order valence-corrected chi connectivity index (χ1v) is 8.34. The van der Waals surface area contributed by atoms with Gasteiger partial charge in [0.25, 0.3) is 0 Å². The second-order valence-electron chi connectivity index (χ2n) is 5.67. The fourth-order valence-electron chi connectivity index (χ4n) is 2.30. The maximum Gasteiger partial charge on any atom is 0.307 e. The molecule has 0 spiro atoms. The molecule has 0 atom stereocenters. The number of aliphatic carboxylic acids is 1. The summed E-state index contributed by atoms with van der Waals surface area (Å²) >= 11 is 0. The van der Waals surface area contributed by atoms with E-state index in [2.05, 4.69) is 44.2 Å². The summed E-state index contributed by atoms with van der Waals surface area (Å²) in [5, 5.41) is 9.00. The molecule has 0 saturated heterocycles. The Balaban J connectivity index is 2.87. The summed E-state index contributed by atoms with van der Waals surface area (Å²) in [7, 11) is 0. The van der Waals surface area contributed by atoms with Gasteiger partial charge >= 0.3 is 5.97 Å². The third-order valence-electron chi connectivity index (χ3n) is 3.46. The van der Waals surface area contributed by atoms with E-state index in [1.165, 1.54) is 25.7 Å².